The van der Waals surface area contributed by atoms with Crippen LogP contribution in [0.25, 0.3) is 0 Å². The summed E-state index contributed by atoms with van der Waals surface area (Å²) in [5, 5.41) is 0.754. The molecular formula is C23H25ClF3NO. The van der Waals surface area contributed by atoms with Crippen LogP contribution in [0.3, 0.4) is 0 Å². The maximum atomic E-state index is 12.7. The number of halogens is 4. The third-order valence-electron chi connectivity index (χ3n) is 6.35. The topological polar surface area (TPSA) is 12.5 Å². The first kappa shape index (κ1) is 20.5. The predicted molar refractivity (Wildman–Crippen MR) is 108 cm³/mol. The highest BCUT2D eigenvalue weighted by atomic mass is 35.5. The Balaban J connectivity index is 1.39. The van der Waals surface area contributed by atoms with Crippen LogP contribution in [0.1, 0.15) is 43.2 Å². The summed E-state index contributed by atoms with van der Waals surface area (Å²) < 4.78 is 43.9. The molecule has 1 saturated heterocycles. The average molecular weight is 424 g/mol. The van der Waals surface area contributed by atoms with Crippen LogP contribution in [0.5, 0.6) is 5.75 Å². The van der Waals surface area contributed by atoms with Crippen LogP contribution in [0, 0.1) is 5.92 Å². The van der Waals surface area contributed by atoms with Crippen molar-refractivity contribution in [3.05, 3.63) is 64.7 Å². The highest BCUT2D eigenvalue weighted by Crippen LogP contribution is 2.48. The summed E-state index contributed by atoms with van der Waals surface area (Å²) in [6.45, 7) is 2.54. The summed E-state index contributed by atoms with van der Waals surface area (Å²) >= 11 is 6.07. The molecule has 0 radical (unpaired) electrons. The van der Waals surface area contributed by atoms with Crippen LogP contribution in [-0.4, -0.2) is 24.6 Å². The Morgan fingerprint density at radius 1 is 1.00 bits per heavy atom. The Hall–Kier alpha value is -1.72. The van der Waals surface area contributed by atoms with Crippen molar-refractivity contribution >= 4 is 11.6 Å². The first-order valence-corrected chi connectivity index (χ1v) is 10.6. The van der Waals surface area contributed by atoms with E-state index in [-0.39, 0.29) is 5.54 Å². The fourth-order valence-corrected chi connectivity index (χ4v) is 4.73. The number of piperidine rings is 1. The van der Waals surface area contributed by atoms with Gasteiger partial charge in [-0.3, -0.25) is 4.90 Å². The monoisotopic (exact) mass is 423 g/mol. The van der Waals surface area contributed by atoms with Crippen molar-refractivity contribution in [3.8, 4) is 5.75 Å². The van der Waals surface area contributed by atoms with E-state index in [1.165, 1.54) is 24.1 Å². The highest BCUT2D eigenvalue weighted by Gasteiger charge is 2.45. The third kappa shape index (κ3) is 4.41. The molecule has 0 N–H and O–H groups in total. The second-order valence-electron chi connectivity index (χ2n) is 8.18. The maximum Gasteiger partial charge on any atom is 0.416 e. The molecule has 6 heteroatoms. The van der Waals surface area contributed by atoms with E-state index in [4.69, 9.17) is 16.3 Å². The van der Waals surface area contributed by atoms with E-state index in [0.29, 0.717) is 18.3 Å². The summed E-state index contributed by atoms with van der Waals surface area (Å²) in [7, 11) is 0. The second kappa shape index (κ2) is 8.19. The molecule has 29 heavy (non-hydrogen) atoms. The predicted octanol–water partition coefficient (Wildman–Crippen LogP) is 6.53. The molecule has 2 nitrogen and oxygen atoms in total. The van der Waals surface area contributed by atoms with Gasteiger partial charge in [-0.05, 0) is 80.6 Å². The number of hydrogen-bond acceptors (Lipinski definition) is 2. The molecule has 2 fully saturated rings. The molecular weight excluding hydrogens is 399 g/mol. The van der Waals surface area contributed by atoms with Gasteiger partial charge in [0.25, 0.3) is 0 Å². The van der Waals surface area contributed by atoms with E-state index in [9.17, 15) is 13.2 Å². The number of nitrogens with zero attached hydrogens (tertiary/aromatic N) is 1. The Kier molecular flexibility index (Phi) is 5.80. The van der Waals surface area contributed by atoms with Gasteiger partial charge in [0.1, 0.15) is 5.75 Å². The summed E-state index contributed by atoms with van der Waals surface area (Å²) in [5.41, 5.74) is 0.776. The summed E-state index contributed by atoms with van der Waals surface area (Å²) in [4.78, 5) is 2.59. The van der Waals surface area contributed by atoms with Crippen LogP contribution >= 0.6 is 11.6 Å². The van der Waals surface area contributed by atoms with Crippen molar-refractivity contribution in [3.63, 3.8) is 0 Å². The molecule has 4 rings (SSSR count). The van der Waals surface area contributed by atoms with Gasteiger partial charge in [-0.2, -0.15) is 13.2 Å². The largest absolute Gasteiger partial charge is 0.493 e. The average Bonchev–Trinajstić information content (AvgIpc) is 2.67. The van der Waals surface area contributed by atoms with Gasteiger partial charge in [-0.1, -0.05) is 23.7 Å². The SMILES string of the molecule is FC(F)(F)c1ccc(OC[C@@H]2CCCN(C3(c4ccc(Cl)cc4)CCC3)C2)cc1. The van der Waals surface area contributed by atoms with E-state index < -0.39 is 11.7 Å². The molecule has 1 aliphatic heterocycles. The molecule has 1 heterocycles. The number of alkyl halides is 3. The van der Waals surface area contributed by atoms with Crippen molar-refractivity contribution in [2.45, 2.75) is 43.8 Å². The molecule has 1 atom stereocenters. The molecule has 1 aliphatic carbocycles. The zero-order valence-corrected chi connectivity index (χ0v) is 17.0. The van der Waals surface area contributed by atoms with Gasteiger partial charge in [0, 0.05) is 23.0 Å². The normalized spacial score (nSPS) is 22.1. The van der Waals surface area contributed by atoms with Crippen LogP contribution in [0.2, 0.25) is 5.02 Å². The molecule has 2 aromatic rings. The van der Waals surface area contributed by atoms with Crippen molar-refractivity contribution in [1.82, 2.24) is 4.90 Å². The lowest BCUT2D eigenvalue weighted by Gasteiger charge is -2.53. The van der Waals surface area contributed by atoms with Gasteiger partial charge in [0.05, 0.1) is 12.2 Å². The zero-order chi connectivity index (χ0) is 20.5. The first-order chi connectivity index (χ1) is 13.9. The number of hydrogen-bond donors (Lipinski definition) is 0. The quantitative estimate of drug-likeness (QED) is 0.542. The highest BCUT2D eigenvalue weighted by molar-refractivity contribution is 6.30. The lowest BCUT2D eigenvalue weighted by molar-refractivity contribution is -0.137. The van der Waals surface area contributed by atoms with Crippen molar-refractivity contribution in [1.29, 1.82) is 0 Å². The van der Waals surface area contributed by atoms with Crippen molar-refractivity contribution in [2.75, 3.05) is 19.7 Å². The molecule has 0 bridgehead atoms. The van der Waals surface area contributed by atoms with E-state index in [0.717, 1.165) is 55.9 Å². The van der Waals surface area contributed by atoms with E-state index in [1.54, 1.807) is 0 Å². The Morgan fingerprint density at radius 2 is 1.69 bits per heavy atom. The van der Waals surface area contributed by atoms with Crippen LogP contribution in [0.15, 0.2) is 48.5 Å². The van der Waals surface area contributed by atoms with Gasteiger partial charge in [0.15, 0.2) is 0 Å². The number of rotatable bonds is 5. The van der Waals surface area contributed by atoms with Gasteiger partial charge >= 0.3 is 6.18 Å². The fourth-order valence-electron chi connectivity index (χ4n) is 4.60. The standard InChI is InChI=1S/C23H25ClF3NO/c24-20-8-4-18(5-9-20)22(12-2-13-22)28-14-1-3-17(15-28)16-29-21-10-6-19(7-11-21)23(25,26)27/h4-11,17H,1-3,12-16H2/t17-/m1/s1. The molecule has 1 saturated carbocycles. The van der Waals surface area contributed by atoms with Crippen LogP contribution < -0.4 is 4.74 Å². The summed E-state index contributed by atoms with van der Waals surface area (Å²) in [5.74, 6) is 0.863. The number of ether oxygens (including phenoxy) is 1. The molecule has 156 valence electrons. The van der Waals surface area contributed by atoms with Gasteiger partial charge in [-0.25, -0.2) is 0 Å². The lowest BCUT2D eigenvalue weighted by Crippen LogP contribution is -2.55. The maximum absolute atomic E-state index is 12.7. The Labute approximate surface area is 174 Å². The van der Waals surface area contributed by atoms with Crippen molar-refractivity contribution < 1.29 is 17.9 Å². The van der Waals surface area contributed by atoms with E-state index in [2.05, 4.69) is 17.0 Å². The molecule has 0 spiro atoms. The van der Waals surface area contributed by atoms with Crippen LogP contribution in [-0.2, 0) is 11.7 Å². The molecule has 0 aromatic heterocycles. The minimum Gasteiger partial charge on any atom is -0.493 e. The Morgan fingerprint density at radius 3 is 2.28 bits per heavy atom. The van der Waals surface area contributed by atoms with Gasteiger partial charge < -0.3 is 4.74 Å². The Bertz CT molecular complexity index is 816. The fraction of sp³-hybridized carbons (Fsp3) is 0.478. The number of likely N-dealkylation sites (tertiary alicyclic amines) is 1. The van der Waals surface area contributed by atoms with Gasteiger partial charge in [0.2, 0.25) is 0 Å². The van der Waals surface area contributed by atoms with E-state index in [1.807, 2.05) is 12.1 Å². The molecule has 2 aromatic carbocycles. The summed E-state index contributed by atoms with van der Waals surface area (Å²) in [6, 6.07) is 13.2. The van der Waals surface area contributed by atoms with Crippen LogP contribution in [0.4, 0.5) is 13.2 Å². The number of benzene rings is 2. The third-order valence-corrected chi connectivity index (χ3v) is 6.61. The minimum absolute atomic E-state index is 0.0949. The molecule has 0 unspecified atom stereocenters. The van der Waals surface area contributed by atoms with E-state index >= 15 is 0 Å². The first-order valence-electron chi connectivity index (χ1n) is 10.2. The molecule has 2 aliphatic rings. The zero-order valence-electron chi connectivity index (χ0n) is 16.2. The molecule has 0 amide bonds. The smallest absolute Gasteiger partial charge is 0.416 e. The van der Waals surface area contributed by atoms with Gasteiger partial charge in [-0.15, -0.1) is 0 Å². The minimum atomic E-state index is -4.32. The lowest BCUT2D eigenvalue weighted by atomic mass is 9.69. The second-order valence-corrected chi connectivity index (χ2v) is 8.62. The summed E-state index contributed by atoms with van der Waals surface area (Å²) in [6.07, 6.45) is 1.40. The van der Waals surface area contributed by atoms with Crippen molar-refractivity contribution in [2.24, 2.45) is 5.92 Å².